The minimum atomic E-state index is -0.0927. The van der Waals surface area contributed by atoms with Crippen LogP contribution in [0, 0.1) is 0 Å². The van der Waals surface area contributed by atoms with Gasteiger partial charge >= 0.3 is 0 Å². The molecule has 27 heavy (non-hydrogen) atoms. The van der Waals surface area contributed by atoms with Gasteiger partial charge in [0.1, 0.15) is 5.69 Å². The molecule has 0 spiro atoms. The van der Waals surface area contributed by atoms with Crippen molar-refractivity contribution >= 4 is 23.2 Å². The van der Waals surface area contributed by atoms with Crippen LogP contribution in [0.25, 0.3) is 0 Å². The van der Waals surface area contributed by atoms with E-state index in [1.54, 1.807) is 23.5 Å². The van der Waals surface area contributed by atoms with Crippen molar-refractivity contribution in [2.75, 3.05) is 36.4 Å². The zero-order valence-electron chi connectivity index (χ0n) is 14.6. The Bertz CT molecular complexity index is 880. The lowest BCUT2D eigenvalue weighted by Gasteiger charge is -2.34. The summed E-state index contributed by atoms with van der Waals surface area (Å²) in [7, 11) is 0. The Hall–Kier alpha value is -3.62. The molecule has 0 saturated carbocycles. The molecule has 0 bridgehead atoms. The molecule has 1 amide bonds. The first-order valence-corrected chi connectivity index (χ1v) is 8.60. The number of piperazine rings is 1. The van der Waals surface area contributed by atoms with Crippen molar-refractivity contribution in [1.29, 1.82) is 0 Å². The molecule has 4 rings (SSSR count). The third kappa shape index (κ3) is 3.97. The zero-order chi connectivity index (χ0) is 18.5. The Morgan fingerprint density at radius 1 is 0.926 bits per heavy atom. The predicted octanol–water partition coefficient (Wildman–Crippen LogP) is 1.37. The van der Waals surface area contributed by atoms with Crippen molar-refractivity contribution in [1.82, 2.24) is 30.0 Å². The molecule has 0 radical (unpaired) electrons. The molecule has 0 aliphatic carbocycles. The van der Waals surface area contributed by atoms with Crippen molar-refractivity contribution in [2.45, 2.75) is 0 Å². The smallest absolute Gasteiger partial charge is 0.274 e. The monoisotopic (exact) mass is 362 g/mol. The summed E-state index contributed by atoms with van der Waals surface area (Å²) >= 11 is 0. The van der Waals surface area contributed by atoms with Crippen LogP contribution in [0.1, 0.15) is 10.5 Å². The van der Waals surface area contributed by atoms with Crippen LogP contribution in [0.4, 0.5) is 17.3 Å². The van der Waals surface area contributed by atoms with Crippen LogP contribution >= 0.6 is 0 Å². The van der Waals surface area contributed by atoms with Crippen LogP contribution in [0.15, 0.2) is 55.2 Å². The van der Waals surface area contributed by atoms with Crippen molar-refractivity contribution in [2.24, 2.45) is 0 Å². The van der Waals surface area contributed by atoms with E-state index < -0.39 is 0 Å². The van der Waals surface area contributed by atoms with E-state index >= 15 is 0 Å². The SMILES string of the molecule is O=C(c1cnccn1)N1CCN(c2ccc(Nc3cccnc3)nn2)CC1. The number of nitrogens with one attached hydrogen (secondary N) is 1. The standard InChI is InChI=1S/C18H18N8O/c27-18(15-13-20-6-7-21-15)26-10-8-25(9-11-26)17-4-3-16(23-24-17)22-14-2-1-5-19-12-14/h1-7,12-13H,8-11H2,(H,22,23). The highest BCUT2D eigenvalue weighted by Gasteiger charge is 2.23. The van der Waals surface area contributed by atoms with E-state index in [2.05, 4.69) is 35.4 Å². The maximum absolute atomic E-state index is 12.4. The van der Waals surface area contributed by atoms with E-state index in [-0.39, 0.29) is 5.91 Å². The van der Waals surface area contributed by atoms with Crippen LogP contribution in [0.2, 0.25) is 0 Å². The topological polar surface area (TPSA) is 100 Å². The van der Waals surface area contributed by atoms with Gasteiger partial charge < -0.3 is 15.1 Å². The fraction of sp³-hybridized carbons (Fsp3) is 0.222. The number of anilines is 3. The van der Waals surface area contributed by atoms with Gasteiger partial charge in [-0.25, -0.2) is 4.98 Å². The lowest BCUT2D eigenvalue weighted by Crippen LogP contribution is -2.49. The summed E-state index contributed by atoms with van der Waals surface area (Å²) in [6.45, 7) is 2.59. The molecule has 0 aromatic carbocycles. The number of carbonyl (C=O) groups is 1. The number of aromatic nitrogens is 5. The first-order chi connectivity index (χ1) is 13.3. The van der Waals surface area contributed by atoms with E-state index in [1.807, 2.05) is 24.3 Å². The maximum Gasteiger partial charge on any atom is 0.274 e. The van der Waals surface area contributed by atoms with E-state index in [0.29, 0.717) is 37.7 Å². The largest absolute Gasteiger partial charge is 0.352 e. The molecule has 1 aliphatic rings. The molecule has 136 valence electrons. The summed E-state index contributed by atoms with van der Waals surface area (Å²) in [5.74, 6) is 1.35. The Morgan fingerprint density at radius 3 is 2.44 bits per heavy atom. The molecule has 9 nitrogen and oxygen atoms in total. The first-order valence-electron chi connectivity index (χ1n) is 8.60. The Labute approximate surface area is 156 Å². The molecule has 1 fully saturated rings. The van der Waals surface area contributed by atoms with Crippen molar-refractivity contribution in [3.8, 4) is 0 Å². The number of pyridine rings is 1. The second kappa shape index (κ2) is 7.73. The molecule has 3 aromatic heterocycles. The van der Waals surface area contributed by atoms with Crippen LogP contribution in [-0.2, 0) is 0 Å². The van der Waals surface area contributed by atoms with Gasteiger partial charge in [0.05, 0.1) is 18.1 Å². The molecule has 4 heterocycles. The van der Waals surface area contributed by atoms with Crippen LogP contribution in [0.5, 0.6) is 0 Å². The van der Waals surface area contributed by atoms with Crippen molar-refractivity contribution in [3.05, 3.63) is 60.9 Å². The number of nitrogens with zero attached hydrogens (tertiary/aromatic N) is 7. The molecule has 1 aliphatic heterocycles. The average Bonchev–Trinajstić information content (AvgIpc) is 2.75. The first kappa shape index (κ1) is 16.8. The lowest BCUT2D eigenvalue weighted by molar-refractivity contribution is 0.0740. The Morgan fingerprint density at radius 2 is 1.78 bits per heavy atom. The van der Waals surface area contributed by atoms with Crippen LogP contribution in [-0.4, -0.2) is 62.1 Å². The Balaban J connectivity index is 1.35. The van der Waals surface area contributed by atoms with Gasteiger partial charge in [-0.1, -0.05) is 0 Å². The number of hydrogen-bond acceptors (Lipinski definition) is 8. The van der Waals surface area contributed by atoms with Gasteiger partial charge in [-0.15, -0.1) is 10.2 Å². The quantitative estimate of drug-likeness (QED) is 0.743. The summed E-state index contributed by atoms with van der Waals surface area (Å²) in [4.78, 5) is 28.4. The summed E-state index contributed by atoms with van der Waals surface area (Å²) in [6, 6.07) is 7.57. The normalized spacial score (nSPS) is 14.1. The molecule has 0 unspecified atom stereocenters. The molecular formula is C18H18N8O. The van der Waals surface area contributed by atoms with Gasteiger partial charge in [-0.3, -0.25) is 14.8 Å². The third-order valence-electron chi connectivity index (χ3n) is 4.26. The van der Waals surface area contributed by atoms with Gasteiger partial charge in [0, 0.05) is 44.8 Å². The van der Waals surface area contributed by atoms with Gasteiger partial charge in [-0.05, 0) is 24.3 Å². The molecule has 0 atom stereocenters. The maximum atomic E-state index is 12.4. The third-order valence-corrected chi connectivity index (χ3v) is 4.26. The highest BCUT2D eigenvalue weighted by molar-refractivity contribution is 5.92. The summed E-state index contributed by atoms with van der Waals surface area (Å²) in [6.07, 6.45) is 8.02. The van der Waals surface area contributed by atoms with Gasteiger partial charge in [0.15, 0.2) is 11.6 Å². The molecule has 1 N–H and O–H groups in total. The van der Waals surface area contributed by atoms with Gasteiger partial charge in [-0.2, -0.15) is 0 Å². The Kier molecular flexibility index (Phi) is 4.82. The fourth-order valence-electron chi connectivity index (χ4n) is 2.86. The molecule has 3 aromatic rings. The zero-order valence-corrected chi connectivity index (χ0v) is 14.6. The lowest BCUT2D eigenvalue weighted by atomic mass is 10.2. The van der Waals surface area contributed by atoms with Crippen LogP contribution in [0.3, 0.4) is 0 Å². The van der Waals surface area contributed by atoms with Crippen molar-refractivity contribution < 1.29 is 4.79 Å². The van der Waals surface area contributed by atoms with E-state index in [9.17, 15) is 4.79 Å². The second-order valence-electron chi connectivity index (χ2n) is 6.01. The second-order valence-corrected chi connectivity index (χ2v) is 6.01. The highest BCUT2D eigenvalue weighted by atomic mass is 16.2. The van der Waals surface area contributed by atoms with Crippen LogP contribution < -0.4 is 10.2 Å². The van der Waals surface area contributed by atoms with Gasteiger partial charge in [0.2, 0.25) is 0 Å². The fourth-order valence-corrected chi connectivity index (χ4v) is 2.86. The van der Waals surface area contributed by atoms with E-state index in [0.717, 1.165) is 11.5 Å². The number of amides is 1. The van der Waals surface area contributed by atoms with E-state index in [4.69, 9.17) is 0 Å². The van der Waals surface area contributed by atoms with E-state index in [1.165, 1.54) is 12.4 Å². The minimum absolute atomic E-state index is 0.0927. The molecule has 9 heteroatoms. The average molecular weight is 362 g/mol. The summed E-state index contributed by atoms with van der Waals surface area (Å²) < 4.78 is 0. The number of carbonyl (C=O) groups excluding carboxylic acids is 1. The number of hydrogen-bond donors (Lipinski definition) is 1. The molecular weight excluding hydrogens is 344 g/mol. The van der Waals surface area contributed by atoms with Crippen molar-refractivity contribution in [3.63, 3.8) is 0 Å². The molecule has 1 saturated heterocycles. The minimum Gasteiger partial charge on any atom is -0.352 e. The summed E-state index contributed by atoms with van der Waals surface area (Å²) in [5.41, 5.74) is 1.23. The van der Waals surface area contributed by atoms with Gasteiger partial charge in [0.25, 0.3) is 5.91 Å². The predicted molar refractivity (Wildman–Crippen MR) is 99.7 cm³/mol. The number of rotatable bonds is 4. The summed E-state index contributed by atoms with van der Waals surface area (Å²) in [5, 5.41) is 11.7. The highest BCUT2D eigenvalue weighted by Crippen LogP contribution is 2.17.